The summed E-state index contributed by atoms with van der Waals surface area (Å²) < 4.78 is 51.3. The molecule has 0 aliphatic heterocycles. The zero-order valence-electron chi connectivity index (χ0n) is 14.2. The Morgan fingerprint density at radius 3 is 1.83 bits per heavy atom. The van der Waals surface area contributed by atoms with Crippen LogP contribution in [-0.4, -0.2) is 43.0 Å². The van der Waals surface area contributed by atoms with Gasteiger partial charge in [-0.3, -0.25) is 0 Å². The van der Waals surface area contributed by atoms with Gasteiger partial charge in [-0.05, 0) is 25.0 Å². The Balaban J connectivity index is 0.000000506. The highest BCUT2D eigenvalue weighted by atomic mass is 32.2. The molecule has 8 heteroatoms. The molecule has 0 saturated carbocycles. The molecule has 0 fully saturated rings. The van der Waals surface area contributed by atoms with E-state index in [2.05, 4.69) is 44.2 Å². The lowest BCUT2D eigenvalue weighted by Gasteiger charge is -2.18. The Bertz CT molecular complexity index is 530. The molecule has 0 atom stereocenters. The van der Waals surface area contributed by atoms with Crippen molar-refractivity contribution in [2.24, 2.45) is 0 Å². The second-order valence-electron chi connectivity index (χ2n) is 5.43. The minimum atomic E-state index is -5.69. The second-order valence-corrected chi connectivity index (χ2v) is 6.93. The molecule has 140 valence electrons. The van der Waals surface area contributed by atoms with E-state index in [0.29, 0.717) is 0 Å². The van der Waals surface area contributed by atoms with E-state index in [0.717, 1.165) is 0 Å². The molecule has 0 amide bonds. The fourth-order valence-electron chi connectivity index (χ4n) is 1.95. The highest BCUT2D eigenvalue weighted by molar-refractivity contribution is 7.86. The van der Waals surface area contributed by atoms with Crippen LogP contribution < -0.4 is 4.90 Å². The van der Waals surface area contributed by atoms with Gasteiger partial charge in [0.1, 0.15) is 12.3 Å². The number of hydrogen-bond acceptors (Lipinski definition) is 4. The molecule has 1 aromatic carbocycles. The molecule has 0 saturated heterocycles. The minimum absolute atomic E-state index is 1.28. The second kappa shape index (κ2) is 11.5. The maximum absolute atomic E-state index is 11.5. The van der Waals surface area contributed by atoms with Crippen LogP contribution in [0.15, 0.2) is 30.3 Å². The van der Waals surface area contributed by atoms with Gasteiger partial charge >= 0.3 is 5.25 Å². The molecule has 0 bridgehead atoms. The molecule has 0 aromatic heterocycles. The van der Waals surface area contributed by atoms with Gasteiger partial charge in [0.25, 0.3) is 0 Å². The van der Waals surface area contributed by atoms with E-state index >= 15 is 0 Å². The molecular weight excluding hydrogens is 340 g/mol. The number of quaternary nitrogens is 1. The van der Waals surface area contributed by atoms with E-state index in [4.69, 9.17) is 5.11 Å². The summed E-state index contributed by atoms with van der Waals surface area (Å²) in [5, 5.41) is 3.05. The number of nitrogens with one attached hydrogen (secondary N) is 1. The molecule has 1 aromatic rings. The van der Waals surface area contributed by atoms with E-state index in [1.165, 1.54) is 44.5 Å². The van der Waals surface area contributed by atoms with Crippen LogP contribution in [0.4, 0.5) is 14.5 Å². The van der Waals surface area contributed by atoms with Crippen molar-refractivity contribution in [3.05, 3.63) is 30.3 Å². The number of aliphatic hydroxyl groups is 1. The number of alkyl halides is 2. The van der Waals surface area contributed by atoms with Crippen LogP contribution in [0.5, 0.6) is 0 Å². The summed E-state index contributed by atoms with van der Waals surface area (Å²) in [5.41, 5.74) is 1.46. The van der Waals surface area contributed by atoms with E-state index < -0.39 is 22.0 Å². The summed E-state index contributed by atoms with van der Waals surface area (Å²) in [6.45, 7) is 5.12. The van der Waals surface area contributed by atoms with Crippen molar-refractivity contribution in [2.45, 2.75) is 44.8 Å². The molecule has 0 unspecified atom stereocenters. The van der Waals surface area contributed by atoms with Crippen LogP contribution in [0, 0.1) is 0 Å². The van der Waals surface area contributed by atoms with Crippen LogP contribution in [0.3, 0.4) is 0 Å². The van der Waals surface area contributed by atoms with Gasteiger partial charge in [-0.15, -0.1) is 0 Å². The van der Waals surface area contributed by atoms with Gasteiger partial charge < -0.3 is 14.6 Å². The van der Waals surface area contributed by atoms with Crippen LogP contribution in [-0.2, 0) is 10.1 Å². The number of halogens is 2. The molecule has 24 heavy (non-hydrogen) atoms. The summed E-state index contributed by atoms with van der Waals surface area (Å²) in [7, 11) is -5.69. The van der Waals surface area contributed by atoms with Crippen molar-refractivity contribution in [3.63, 3.8) is 0 Å². The third kappa shape index (κ3) is 8.68. The summed E-state index contributed by atoms with van der Waals surface area (Å²) in [5.74, 6) is 0. The fourth-order valence-corrected chi connectivity index (χ4v) is 2.11. The largest absolute Gasteiger partial charge is 0.743 e. The molecule has 0 heterocycles. The standard InChI is InChI=1S/C14H23N.C2H4F2O4S/c1-3-5-12-15(13-6-4-2)14-10-8-7-9-11-14;3-2(4,1-5)9(6,7)8/h7-11H,3-6,12-13H2,1-2H3;5H,1H2,(H,6,7,8). The van der Waals surface area contributed by atoms with Crippen molar-refractivity contribution in [2.75, 3.05) is 19.7 Å². The SMILES string of the molecule is CCCC[NH+](CCCC)c1ccccc1.O=S(=O)([O-])C(F)(F)CO. The quantitative estimate of drug-likeness (QED) is 0.654. The topological polar surface area (TPSA) is 81.9 Å². The first-order valence-corrected chi connectivity index (χ1v) is 9.44. The van der Waals surface area contributed by atoms with Gasteiger partial charge in [0, 0.05) is 0 Å². The lowest BCUT2D eigenvalue weighted by Crippen LogP contribution is -3.07. The number of para-hydroxylation sites is 1. The number of unbranched alkanes of at least 4 members (excludes halogenated alkanes) is 2. The Morgan fingerprint density at radius 1 is 1.08 bits per heavy atom. The minimum Gasteiger partial charge on any atom is -0.743 e. The lowest BCUT2D eigenvalue weighted by molar-refractivity contribution is -0.833. The monoisotopic (exact) mass is 367 g/mol. The summed E-state index contributed by atoms with van der Waals surface area (Å²) in [6.07, 6.45) is 5.24. The average molecular weight is 367 g/mol. The number of hydrogen-bond donors (Lipinski definition) is 2. The number of rotatable bonds is 9. The van der Waals surface area contributed by atoms with Crippen molar-refractivity contribution in [1.82, 2.24) is 0 Å². The zero-order valence-corrected chi connectivity index (χ0v) is 15.0. The maximum Gasteiger partial charge on any atom is 0.356 e. The van der Waals surface area contributed by atoms with Crippen molar-refractivity contribution in [3.8, 4) is 0 Å². The molecule has 0 aliphatic carbocycles. The van der Waals surface area contributed by atoms with Crippen LogP contribution in [0.25, 0.3) is 0 Å². The molecule has 0 spiro atoms. The van der Waals surface area contributed by atoms with Crippen LogP contribution >= 0.6 is 0 Å². The molecule has 0 aliphatic rings. The van der Waals surface area contributed by atoms with E-state index in [9.17, 15) is 21.8 Å². The van der Waals surface area contributed by atoms with E-state index in [1.54, 1.807) is 4.90 Å². The van der Waals surface area contributed by atoms with Crippen LogP contribution in [0.2, 0.25) is 0 Å². The van der Waals surface area contributed by atoms with Gasteiger partial charge in [0.05, 0.1) is 13.1 Å². The first-order valence-electron chi connectivity index (χ1n) is 8.03. The molecule has 5 nitrogen and oxygen atoms in total. The first kappa shape index (κ1) is 22.9. The molecule has 2 N–H and O–H groups in total. The maximum atomic E-state index is 11.5. The molecule has 0 radical (unpaired) electrons. The fraction of sp³-hybridized carbons (Fsp3) is 0.625. The highest BCUT2D eigenvalue weighted by Gasteiger charge is 2.36. The third-order valence-electron chi connectivity index (χ3n) is 3.40. The van der Waals surface area contributed by atoms with Crippen molar-refractivity contribution in [1.29, 1.82) is 0 Å². The zero-order chi connectivity index (χ0) is 18.6. The number of benzene rings is 1. The third-order valence-corrected chi connectivity index (χ3v) is 4.26. The Labute approximate surface area is 143 Å². The average Bonchev–Trinajstić information content (AvgIpc) is 2.55. The predicted octanol–water partition coefficient (Wildman–Crippen LogP) is 1.92. The first-order chi connectivity index (χ1) is 11.2. The normalized spacial score (nSPS) is 12.0. The molecular formula is C16H27F2NO4S. The summed E-state index contributed by atoms with van der Waals surface area (Å²) >= 11 is 0. The highest BCUT2D eigenvalue weighted by Crippen LogP contribution is 2.18. The lowest BCUT2D eigenvalue weighted by atomic mass is 10.2. The van der Waals surface area contributed by atoms with Gasteiger partial charge in [0.2, 0.25) is 0 Å². The summed E-state index contributed by atoms with van der Waals surface area (Å²) in [6, 6.07) is 10.9. The molecule has 1 rings (SSSR count). The Hall–Kier alpha value is -1.09. The van der Waals surface area contributed by atoms with Gasteiger partial charge in [-0.1, -0.05) is 44.9 Å². The van der Waals surface area contributed by atoms with Crippen molar-refractivity contribution < 1.29 is 31.8 Å². The number of aliphatic hydroxyl groups excluding tert-OH is 1. The van der Waals surface area contributed by atoms with Gasteiger partial charge in [-0.25, -0.2) is 8.42 Å². The van der Waals surface area contributed by atoms with Gasteiger partial charge in [0.15, 0.2) is 10.1 Å². The van der Waals surface area contributed by atoms with Crippen molar-refractivity contribution >= 4 is 15.8 Å². The van der Waals surface area contributed by atoms with E-state index in [1.807, 2.05) is 0 Å². The Kier molecular flexibility index (Phi) is 10.9. The summed E-state index contributed by atoms with van der Waals surface area (Å²) in [4.78, 5) is 1.65. The predicted molar refractivity (Wildman–Crippen MR) is 88.3 cm³/mol. The smallest absolute Gasteiger partial charge is 0.356 e. The van der Waals surface area contributed by atoms with E-state index in [-0.39, 0.29) is 0 Å². The van der Waals surface area contributed by atoms with Gasteiger partial charge in [-0.2, -0.15) is 8.78 Å². The Morgan fingerprint density at radius 2 is 1.54 bits per heavy atom. The van der Waals surface area contributed by atoms with Crippen LogP contribution in [0.1, 0.15) is 39.5 Å².